The van der Waals surface area contributed by atoms with E-state index in [-0.39, 0.29) is 5.56 Å². The Morgan fingerprint density at radius 1 is 1.55 bits per heavy atom. The van der Waals surface area contributed by atoms with E-state index in [1.165, 1.54) is 6.92 Å². The van der Waals surface area contributed by atoms with Gasteiger partial charge in [0.15, 0.2) is 5.78 Å². The first-order chi connectivity index (χ1) is 7.29. The van der Waals surface area contributed by atoms with Crippen LogP contribution in [-0.4, -0.2) is 11.8 Å². The molecular formula is C9H11NO. The van der Waals surface area contributed by atoms with Gasteiger partial charge in [-0.15, -0.1) is 0 Å². The zero-order valence-corrected chi connectivity index (χ0v) is 6.06. The predicted molar refractivity (Wildman–Crippen MR) is 44.4 cm³/mol. The molecule has 0 unspecified atom stereocenters. The predicted octanol–water partition coefficient (Wildman–Crippen LogP) is 1.22. The Hall–Kier alpha value is -1.15. The average Bonchev–Trinajstić information content (AvgIpc) is 2.23. The minimum Gasteiger partial charge on any atom is -0.321 e. The summed E-state index contributed by atoms with van der Waals surface area (Å²) in [5.41, 5.74) is 5.01. The molecule has 0 aliphatic heterocycles. The van der Waals surface area contributed by atoms with Crippen molar-refractivity contribution in [1.82, 2.24) is 0 Å². The van der Waals surface area contributed by atoms with Crippen molar-refractivity contribution in [1.29, 1.82) is 0 Å². The highest BCUT2D eigenvalue weighted by molar-refractivity contribution is 5.99. The highest BCUT2D eigenvalue weighted by Crippen LogP contribution is 2.01. The fourth-order valence-electron chi connectivity index (χ4n) is 0.601. The summed E-state index contributed by atoms with van der Waals surface area (Å²) >= 11 is 0. The van der Waals surface area contributed by atoms with Crippen molar-refractivity contribution in [2.24, 2.45) is 5.73 Å². The molecule has 0 bridgehead atoms. The van der Waals surface area contributed by atoms with Gasteiger partial charge in [-0.1, -0.05) is 30.2 Å². The largest absolute Gasteiger partial charge is 0.321 e. The Bertz CT molecular complexity index is 429. The SMILES string of the molecule is [2H]c1c([2H])c([2H])c(C(=O)[C@H](C)N)c([2H])c1[2H]. The lowest BCUT2D eigenvalue weighted by Gasteiger charge is -2.02. The van der Waals surface area contributed by atoms with Crippen LogP contribution in [0.15, 0.2) is 30.2 Å². The van der Waals surface area contributed by atoms with Crippen LogP contribution in [0.4, 0.5) is 0 Å². The third-order valence-corrected chi connectivity index (χ3v) is 1.16. The molecule has 2 heteroatoms. The molecule has 1 aromatic carbocycles. The van der Waals surface area contributed by atoms with Gasteiger partial charge in [0.1, 0.15) is 0 Å². The van der Waals surface area contributed by atoms with Gasteiger partial charge < -0.3 is 5.73 Å². The summed E-state index contributed by atoms with van der Waals surface area (Å²) in [6, 6.07) is -3.48. The quantitative estimate of drug-likeness (QED) is 0.651. The smallest absolute Gasteiger partial charge is 0.179 e. The van der Waals surface area contributed by atoms with Crippen LogP contribution in [0.2, 0.25) is 0 Å². The number of hydrogen-bond donors (Lipinski definition) is 1. The second-order valence-corrected chi connectivity index (χ2v) is 2.15. The van der Waals surface area contributed by atoms with Crippen LogP contribution >= 0.6 is 0 Å². The molecule has 0 heterocycles. The van der Waals surface area contributed by atoms with Crippen molar-refractivity contribution >= 4 is 5.78 Å². The lowest BCUT2D eigenvalue weighted by Crippen LogP contribution is -2.26. The van der Waals surface area contributed by atoms with Gasteiger partial charge in [0.05, 0.1) is 12.9 Å². The van der Waals surface area contributed by atoms with Gasteiger partial charge in [-0.2, -0.15) is 0 Å². The van der Waals surface area contributed by atoms with Gasteiger partial charge in [0, 0.05) is 5.56 Å². The maximum absolute atomic E-state index is 11.6. The fraction of sp³-hybridized carbons (Fsp3) is 0.222. The maximum Gasteiger partial charge on any atom is 0.179 e. The van der Waals surface area contributed by atoms with Crippen LogP contribution in [0.5, 0.6) is 0 Å². The van der Waals surface area contributed by atoms with Crippen molar-refractivity contribution in [3.05, 3.63) is 35.8 Å². The summed E-state index contributed by atoms with van der Waals surface area (Å²) in [5.74, 6) is -0.656. The van der Waals surface area contributed by atoms with Gasteiger partial charge in [-0.05, 0) is 6.92 Å². The molecule has 1 atom stereocenters. The van der Waals surface area contributed by atoms with E-state index >= 15 is 0 Å². The van der Waals surface area contributed by atoms with Crippen molar-refractivity contribution in [3.63, 3.8) is 0 Å². The normalized spacial score (nSPS) is 18.9. The van der Waals surface area contributed by atoms with Crippen LogP contribution in [-0.2, 0) is 0 Å². The molecule has 1 rings (SSSR count). The van der Waals surface area contributed by atoms with E-state index in [1.54, 1.807) is 0 Å². The number of benzene rings is 1. The summed E-state index contributed by atoms with van der Waals surface area (Å²) < 4.78 is 37.1. The van der Waals surface area contributed by atoms with E-state index in [0.29, 0.717) is 0 Å². The number of Topliss-reactive ketones (excluding diaryl/α,β-unsaturated/α-hetero) is 1. The zero-order valence-electron chi connectivity index (χ0n) is 11.1. The Kier molecular flexibility index (Phi) is 1.05. The molecule has 0 radical (unpaired) electrons. The van der Waals surface area contributed by atoms with E-state index in [2.05, 4.69) is 0 Å². The number of rotatable bonds is 2. The molecule has 0 fully saturated rings. The van der Waals surface area contributed by atoms with Gasteiger partial charge in [0.2, 0.25) is 0 Å². The summed E-state index contributed by atoms with van der Waals surface area (Å²) in [6.07, 6.45) is 0. The molecule has 0 saturated heterocycles. The number of carbonyl (C=O) groups excluding carboxylic acids is 1. The summed E-state index contributed by atoms with van der Waals surface area (Å²) in [4.78, 5) is 11.6. The molecule has 0 spiro atoms. The van der Waals surface area contributed by atoms with Crippen molar-refractivity contribution in [3.8, 4) is 0 Å². The molecule has 0 aliphatic carbocycles. The Morgan fingerprint density at radius 2 is 2.09 bits per heavy atom. The van der Waals surface area contributed by atoms with Gasteiger partial charge in [0.25, 0.3) is 0 Å². The van der Waals surface area contributed by atoms with Crippen LogP contribution < -0.4 is 5.73 Å². The minimum atomic E-state index is -0.899. The first-order valence-electron chi connectivity index (χ1n) is 5.65. The van der Waals surface area contributed by atoms with Crippen molar-refractivity contribution < 1.29 is 11.6 Å². The second kappa shape index (κ2) is 3.30. The standard InChI is InChI=1S/C9H11NO/c1-7(10)9(11)8-5-3-2-4-6-8/h2-7H,10H2,1H3/t7-/m0/s1/i2D,3D,4D,5D,6D. The van der Waals surface area contributed by atoms with Crippen molar-refractivity contribution in [2.45, 2.75) is 13.0 Å². The summed E-state index contributed by atoms with van der Waals surface area (Å²) in [6.45, 7) is 1.41. The highest BCUT2D eigenvalue weighted by atomic mass is 16.1. The molecule has 0 aromatic heterocycles. The van der Waals surface area contributed by atoms with Crippen LogP contribution in [0.25, 0.3) is 0 Å². The molecule has 1 aromatic rings. The third-order valence-electron chi connectivity index (χ3n) is 1.16. The van der Waals surface area contributed by atoms with Crippen LogP contribution in [0, 0.1) is 0 Å². The second-order valence-electron chi connectivity index (χ2n) is 2.15. The molecule has 0 aliphatic rings. The Morgan fingerprint density at radius 3 is 2.55 bits per heavy atom. The zero-order chi connectivity index (χ0) is 12.6. The minimum absolute atomic E-state index is 0.346. The average molecular weight is 154 g/mol. The molecule has 0 amide bonds. The number of ketones is 1. The molecule has 2 N–H and O–H groups in total. The topological polar surface area (TPSA) is 43.1 Å². The number of carbonyl (C=O) groups is 1. The maximum atomic E-state index is 11.6. The molecule has 2 nitrogen and oxygen atoms in total. The number of nitrogens with two attached hydrogens (primary N) is 1. The van der Waals surface area contributed by atoms with Crippen molar-refractivity contribution in [2.75, 3.05) is 0 Å². The first-order valence-corrected chi connectivity index (χ1v) is 3.15. The molecular weight excluding hydrogens is 138 g/mol. The highest BCUT2D eigenvalue weighted by Gasteiger charge is 2.08. The molecule has 58 valence electrons. The van der Waals surface area contributed by atoms with E-state index in [9.17, 15) is 4.79 Å². The van der Waals surface area contributed by atoms with Gasteiger partial charge in [-0.3, -0.25) is 4.79 Å². The monoisotopic (exact) mass is 154 g/mol. The first kappa shape index (κ1) is 3.50. The Balaban J connectivity index is 3.58. The van der Waals surface area contributed by atoms with Crippen LogP contribution in [0.3, 0.4) is 0 Å². The van der Waals surface area contributed by atoms with E-state index in [1.807, 2.05) is 0 Å². The van der Waals surface area contributed by atoms with E-state index in [0.717, 1.165) is 0 Å². The summed E-state index contributed by atoms with van der Waals surface area (Å²) in [7, 11) is 0. The Labute approximate surface area is 73.1 Å². The molecule has 11 heavy (non-hydrogen) atoms. The van der Waals surface area contributed by atoms with E-state index < -0.39 is 42.0 Å². The van der Waals surface area contributed by atoms with Crippen LogP contribution in [0.1, 0.15) is 24.1 Å². The fourth-order valence-corrected chi connectivity index (χ4v) is 0.601. The number of hydrogen-bond acceptors (Lipinski definition) is 2. The summed E-state index contributed by atoms with van der Waals surface area (Å²) in [5, 5.41) is 0. The molecule has 0 saturated carbocycles. The van der Waals surface area contributed by atoms with Gasteiger partial charge >= 0.3 is 0 Å². The lowest BCUT2D eigenvalue weighted by molar-refractivity contribution is 0.0968. The van der Waals surface area contributed by atoms with E-state index in [4.69, 9.17) is 12.6 Å². The van der Waals surface area contributed by atoms with Gasteiger partial charge in [-0.25, -0.2) is 0 Å². The lowest BCUT2D eigenvalue weighted by atomic mass is 10.1. The third kappa shape index (κ3) is 1.88.